The summed E-state index contributed by atoms with van der Waals surface area (Å²) in [5.74, 6) is -2.23. The van der Waals surface area contributed by atoms with Crippen LogP contribution in [0.1, 0.15) is 13.3 Å². The van der Waals surface area contributed by atoms with Gasteiger partial charge in [-0.1, -0.05) is 13.0 Å². The Hall–Kier alpha value is -1.82. The number of carbonyl (C=O) groups excluding carboxylic acids is 1. The standard InChI is InChI=1S/C12H17NO5/c1-3-9(10(14)15)8-18-12(11(16)17-2)6-4-5-7-13-12/h4-7,9,13H,3,8H2,1-2H3,(H,14,15). The van der Waals surface area contributed by atoms with Crippen molar-refractivity contribution in [3.8, 4) is 0 Å². The van der Waals surface area contributed by atoms with E-state index in [0.717, 1.165) is 0 Å². The molecule has 0 aliphatic carbocycles. The summed E-state index contributed by atoms with van der Waals surface area (Å²) in [5.41, 5.74) is -1.44. The highest BCUT2D eigenvalue weighted by Gasteiger charge is 2.39. The van der Waals surface area contributed by atoms with Crippen molar-refractivity contribution in [3.05, 3.63) is 24.4 Å². The fourth-order valence-corrected chi connectivity index (χ4v) is 1.49. The van der Waals surface area contributed by atoms with Crippen molar-refractivity contribution in [2.75, 3.05) is 13.7 Å². The third kappa shape index (κ3) is 3.10. The molecule has 6 nitrogen and oxygen atoms in total. The van der Waals surface area contributed by atoms with E-state index in [1.54, 1.807) is 25.3 Å². The quantitative estimate of drug-likeness (QED) is 0.678. The molecule has 0 fully saturated rings. The first-order valence-electron chi connectivity index (χ1n) is 5.63. The van der Waals surface area contributed by atoms with E-state index >= 15 is 0 Å². The zero-order chi connectivity index (χ0) is 13.6. The first kappa shape index (κ1) is 14.2. The van der Waals surface area contributed by atoms with E-state index in [4.69, 9.17) is 9.84 Å². The zero-order valence-corrected chi connectivity index (χ0v) is 10.4. The number of hydrogen-bond donors (Lipinski definition) is 2. The number of ether oxygens (including phenoxy) is 2. The Labute approximate surface area is 105 Å². The van der Waals surface area contributed by atoms with Crippen molar-refractivity contribution in [2.24, 2.45) is 5.92 Å². The molecule has 1 aliphatic heterocycles. The first-order valence-corrected chi connectivity index (χ1v) is 5.63. The van der Waals surface area contributed by atoms with Crippen LogP contribution >= 0.6 is 0 Å². The maximum absolute atomic E-state index is 11.7. The van der Waals surface area contributed by atoms with Crippen molar-refractivity contribution in [1.29, 1.82) is 0 Å². The number of dihydropyridines is 1. The van der Waals surface area contributed by atoms with Gasteiger partial charge in [0, 0.05) is 0 Å². The highest BCUT2D eigenvalue weighted by molar-refractivity contribution is 5.82. The van der Waals surface area contributed by atoms with Gasteiger partial charge < -0.3 is 19.9 Å². The lowest BCUT2D eigenvalue weighted by atomic mass is 10.1. The fourth-order valence-electron chi connectivity index (χ4n) is 1.49. The van der Waals surface area contributed by atoms with Crippen molar-refractivity contribution in [2.45, 2.75) is 19.1 Å². The van der Waals surface area contributed by atoms with Crippen LogP contribution in [0.2, 0.25) is 0 Å². The van der Waals surface area contributed by atoms with E-state index < -0.39 is 23.6 Å². The lowest BCUT2D eigenvalue weighted by Crippen LogP contribution is -2.53. The van der Waals surface area contributed by atoms with Crippen LogP contribution in [-0.4, -0.2) is 36.5 Å². The van der Waals surface area contributed by atoms with Gasteiger partial charge in [0.25, 0.3) is 5.72 Å². The van der Waals surface area contributed by atoms with E-state index in [1.807, 2.05) is 0 Å². The number of carboxylic acid groups (broad SMARTS) is 1. The molecule has 100 valence electrons. The van der Waals surface area contributed by atoms with Crippen molar-refractivity contribution in [3.63, 3.8) is 0 Å². The maximum Gasteiger partial charge on any atom is 0.363 e. The second kappa shape index (κ2) is 6.20. The summed E-state index contributed by atoms with van der Waals surface area (Å²) in [4.78, 5) is 22.6. The van der Waals surface area contributed by atoms with Gasteiger partial charge >= 0.3 is 11.9 Å². The summed E-state index contributed by atoms with van der Waals surface area (Å²) in [6.45, 7) is 1.67. The van der Waals surface area contributed by atoms with Crippen LogP contribution in [0.5, 0.6) is 0 Å². The van der Waals surface area contributed by atoms with E-state index in [9.17, 15) is 9.59 Å². The Morgan fingerprint density at radius 2 is 2.17 bits per heavy atom. The molecular formula is C12H17NO5. The minimum Gasteiger partial charge on any atom is -0.481 e. The number of rotatable bonds is 6. The van der Waals surface area contributed by atoms with Gasteiger partial charge in [-0.25, -0.2) is 4.79 Å². The van der Waals surface area contributed by atoms with E-state index in [2.05, 4.69) is 10.1 Å². The molecule has 1 aliphatic rings. The Morgan fingerprint density at radius 3 is 2.61 bits per heavy atom. The van der Waals surface area contributed by atoms with Crippen LogP contribution < -0.4 is 5.32 Å². The predicted octanol–water partition coefficient (Wildman–Crippen LogP) is 0.656. The van der Waals surface area contributed by atoms with Crippen LogP contribution in [-0.2, 0) is 19.1 Å². The number of hydrogen-bond acceptors (Lipinski definition) is 5. The number of carbonyl (C=O) groups is 2. The second-order valence-corrected chi connectivity index (χ2v) is 3.84. The first-order chi connectivity index (χ1) is 8.55. The van der Waals surface area contributed by atoms with E-state index in [-0.39, 0.29) is 6.61 Å². The Balaban J connectivity index is 2.75. The lowest BCUT2D eigenvalue weighted by Gasteiger charge is -2.30. The van der Waals surface area contributed by atoms with Gasteiger partial charge in [0.2, 0.25) is 0 Å². The smallest absolute Gasteiger partial charge is 0.363 e. The number of allylic oxidation sites excluding steroid dienone is 2. The third-order valence-electron chi connectivity index (χ3n) is 2.68. The Bertz CT molecular complexity index is 377. The molecule has 0 aromatic carbocycles. The summed E-state index contributed by atoms with van der Waals surface area (Å²) in [6, 6.07) is 0. The SMILES string of the molecule is CCC(COC1(C(=O)OC)C=CC=CN1)C(=O)O. The summed E-state index contributed by atoms with van der Waals surface area (Å²) in [7, 11) is 1.25. The van der Waals surface area contributed by atoms with Crippen LogP contribution in [0.4, 0.5) is 0 Å². The normalized spacial score (nSPS) is 23.2. The minimum atomic E-state index is -1.44. The molecule has 0 saturated heterocycles. The van der Waals surface area contributed by atoms with Crippen molar-refractivity contribution >= 4 is 11.9 Å². The number of methoxy groups -OCH3 is 1. The molecule has 0 aromatic heterocycles. The molecule has 18 heavy (non-hydrogen) atoms. The van der Waals surface area contributed by atoms with Crippen molar-refractivity contribution < 1.29 is 24.2 Å². The number of aliphatic carboxylic acids is 1. The maximum atomic E-state index is 11.7. The predicted molar refractivity (Wildman–Crippen MR) is 63.5 cm³/mol. The molecule has 0 spiro atoms. The molecular weight excluding hydrogens is 238 g/mol. The average molecular weight is 255 g/mol. The van der Waals surface area contributed by atoms with Gasteiger partial charge in [-0.05, 0) is 24.8 Å². The summed E-state index contributed by atoms with van der Waals surface area (Å²) in [6.07, 6.45) is 6.78. The van der Waals surface area contributed by atoms with Crippen LogP contribution in [0.15, 0.2) is 24.4 Å². The number of esters is 1. The second-order valence-electron chi connectivity index (χ2n) is 3.84. The molecule has 2 atom stereocenters. The summed E-state index contributed by atoms with van der Waals surface area (Å²) >= 11 is 0. The summed E-state index contributed by atoms with van der Waals surface area (Å²) < 4.78 is 10.1. The highest BCUT2D eigenvalue weighted by Crippen LogP contribution is 2.17. The van der Waals surface area contributed by atoms with Gasteiger partial charge in [-0.2, -0.15) is 0 Å². The topological polar surface area (TPSA) is 84.9 Å². The monoisotopic (exact) mass is 255 g/mol. The van der Waals surface area contributed by atoms with Gasteiger partial charge in [-0.3, -0.25) is 4.79 Å². The average Bonchev–Trinajstić information content (AvgIpc) is 2.39. The largest absolute Gasteiger partial charge is 0.481 e. The van der Waals surface area contributed by atoms with E-state index in [0.29, 0.717) is 6.42 Å². The van der Waals surface area contributed by atoms with Crippen molar-refractivity contribution in [1.82, 2.24) is 5.32 Å². The molecule has 0 bridgehead atoms. The van der Waals surface area contributed by atoms with E-state index in [1.165, 1.54) is 13.2 Å². The van der Waals surface area contributed by atoms with Gasteiger partial charge in [0.05, 0.1) is 19.6 Å². The summed E-state index contributed by atoms with van der Waals surface area (Å²) in [5, 5.41) is 11.7. The Morgan fingerprint density at radius 1 is 1.44 bits per heavy atom. The van der Waals surface area contributed by atoms with Crippen LogP contribution in [0, 0.1) is 5.92 Å². The number of nitrogens with one attached hydrogen (secondary N) is 1. The molecule has 1 rings (SSSR count). The highest BCUT2D eigenvalue weighted by atomic mass is 16.6. The fraction of sp³-hybridized carbons (Fsp3) is 0.500. The minimum absolute atomic E-state index is 0.0773. The zero-order valence-electron chi connectivity index (χ0n) is 10.4. The van der Waals surface area contributed by atoms with Gasteiger partial charge in [0.1, 0.15) is 0 Å². The molecule has 0 radical (unpaired) electrons. The van der Waals surface area contributed by atoms with Crippen LogP contribution in [0.3, 0.4) is 0 Å². The number of carboxylic acids is 1. The molecule has 2 N–H and O–H groups in total. The van der Waals surface area contributed by atoms with Gasteiger partial charge in [-0.15, -0.1) is 0 Å². The molecule has 0 saturated carbocycles. The molecule has 2 unspecified atom stereocenters. The Kier molecular flexibility index (Phi) is 4.91. The molecule has 0 aromatic rings. The lowest BCUT2D eigenvalue weighted by molar-refractivity contribution is -0.170. The van der Waals surface area contributed by atoms with Crippen LogP contribution in [0.25, 0.3) is 0 Å². The molecule has 6 heteroatoms. The molecule has 1 heterocycles. The third-order valence-corrected chi connectivity index (χ3v) is 2.68. The van der Waals surface area contributed by atoms with Gasteiger partial charge in [0.15, 0.2) is 0 Å². The molecule has 0 amide bonds.